The molecule has 23 heavy (non-hydrogen) atoms. The Bertz CT molecular complexity index is 558. The van der Waals surface area contributed by atoms with E-state index in [0.717, 1.165) is 39.0 Å². The SMILES string of the molecule is O=c1occ(CN2CCOCC2)c(O)c1CN1CCCCCC1. The van der Waals surface area contributed by atoms with E-state index in [-0.39, 0.29) is 5.75 Å². The number of morpholine rings is 1. The number of hydrogen-bond donors (Lipinski definition) is 1. The van der Waals surface area contributed by atoms with E-state index in [9.17, 15) is 9.90 Å². The van der Waals surface area contributed by atoms with Crippen molar-refractivity contribution in [2.75, 3.05) is 39.4 Å². The maximum Gasteiger partial charge on any atom is 0.343 e. The predicted octanol–water partition coefficient (Wildman–Crippen LogP) is 1.55. The van der Waals surface area contributed by atoms with Gasteiger partial charge in [-0.05, 0) is 25.9 Å². The number of rotatable bonds is 4. The monoisotopic (exact) mass is 322 g/mol. The molecular formula is C17H26N2O4. The maximum absolute atomic E-state index is 12.1. The average Bonchev–Trinajstić information content (AvgIpc) is 2.84. The second kappa shape index (κ2) is 7.95. The van der Waals surface area contributed by atoms with Crippen LogP contribution in [0.5, 0.6) is 5.75 Å². The summed E-state index contributed by atoms with van der Waals surface area (Å²) in [6.07, 6.45) is 6.19. The van der Waals surface area contributed by atoms with Crippen LogP contribution in [0.4, 0.5) is 0 Å². The molecule has 2 saturated heterocycles. The van der Waals surface area contributed by atoms with Crippen molar-refractivity contribution in [3.05, 3.63) is 27.8 Å². The molecule has 0 aliphatic carbocycles. The predicted molar refractivity (Wildman–Crippen MR) is 86.5 cm³/mol. The first-order valence-electron chi connectivity index (χ1n) is 8.59. The molecule has 0 saturated carbocycles. The van der Waals surface area contributed by atoms with Gasteiger partial charge in [-0.1, -0.05) is 12.8 Å². The lowest BCUT2D eigenvalue weighted by atomic mass is 10.1. The molecule has 2 fully saturated rings. The molecule has 0 bridgehead atoms. The van der Waals surface area contributed by atoms with E-state index < -0.39 is 5.63 Å². The molecule has 0 aromatic carbocycles. The largest absolute Gasteiger partial charge is 0.507 e. The quantitative estimate of drug-likeness (QED) is 0.907. The molecule has 0 atom stereocenters. The smallest absolute Gasteiger partial charge is 0.343 e. The van der Waals surface area contributed by atoms with E-state index in [1.165, 1.54) is 19.1 Å². The van der Waals surface area contributed by atoms with Crippen molar-refractivity contribution in [3.8, 4) is 5.75 Å². The summed E-state index contributed by atoms with van der Waals surface area (Å²) in [7, 11) is 0. The van der Waals surface area contributed by atoms with Gasteiger partial charge >= 0.3 is 5.63 Å². The number of aromatic hydroxyl groups is 1. The third kappa shape index (κ3) is 4.34. The Morgan fingerprint density at radius 3 is 2.30 bits per heavy atom. The first-order valence-corrected chi connectivity index (χ1v) is 8.59. The minimum Gasteiger partial charge on any atom is -0.507 e. The minimum atomic E-state index is -0.419. The van der Waals surface area contributed by atoms with Gasteiger partial charge in [0.2, 0.25) is 0 Å². The van der Waals surface area contributed by atoms with Crippen molar-refractivity contribution < 1.29 is 14.3 Å². The molecule has 6 nitrogen and oxygen atoms in total. The van der Waals surface area contributed by atoms with Gasteiger partial charge in [0.15, 0.2) is 0 Å². The highest BCUT2D eigenvalue weighted by atomic mass is 16.5. The van der Waals surface area contributed by atoms with Crippen LogP contribution in [-0.2, 0) is 17.8 Å². The van der Waals surface area contributed by atoms with Crippen LogP contribution in [0.1, 0.15) is 36.8 Å². The molecule has 0 amide bonds. The van der Waals surface area contributed by atoms with Crippen LogP contribution in [0.3, 0.4) is 0 Å². The summed E-state index contributed by atoms with van der Waals surface area (Å²) in [5.41, 5.74) is 0.673. The first-order chi connectivity index (χ1) is 11.2. The molecular weight excluding hydrogens is 296 g/mol. The van der Waals surface area contributed by atoms with Crippen LogP contribution in [-0.4, -0.2) is 54.3 Å². The normalized spacial score (nSPS) is 21.2. The number of nitrogens with zero attached hydrogens (tertiary/aromatic N) is 2. The standard InChI is InChI=1S/C17H26N2O4/c20-16-14(11-19-7-9-22-10-8-19)13-23-17(21)15(16)12-18-5-3-1-2-4-6-18/h13,20H,1-12H2. The van der Waals surface area contributed by atoms with E-state index in [4.69, 9.17) is 9.15 Å². The Balaban J connectivity index is 1.73. The number of ether oxygens (including phenoxy) is 1. The molecule has 3 heterocycles. The summed E-state index contributed by atoms with van der Waals surface area (Å²) in [6, 6.07) is 0. The minimum absolute atomic E-state index is 0.108. The fraction of sp³-hybridized carbons (Fsp3) is 0.706. The Morgan fingerprint density at radius 1 is 0.957 bits per heavy atom. The Morgan fingerprint density at radius 2 is 1.61 bits per heavy atom. The van der Waals surface area contributed by atoms with Crippen LogP contribution >= 0.6 is 0 Å². The molecule has 0 radical (unpaired) electrons. The Labute approximate surface area is 136 Å². The highest BCUT2D eigenvalue weighted by Crippen LogP contribution is 2.24. The second-order valence-corrected chi connectivity index (χ2v) is 6.45. The summed E-state index contributed by atoms with van der Waals surface area (Å²) >= 11 is 0. The lowest BCUT2D eigenvalue weighted by Gasteiger charge is -2.27. The molecule has 3 rings (SSSR count). The van der Waals surface area contributed by atoms with Gasteiger partial charge in [0.1, 0.15) is 12.0 Å². The molecule has 2 aliphatic rings. The summed E-state index contributed by atoms with van der Waals surface area (Å²) in [5.74, 6) is 0.108. The van der Waals surface area contributed by atoms with Crippen molar-refractivity contribution in [1.29, 1.82) is 0 Å². The molecule has 1 aromatic rings. The topological polar surface area (TPSA) is 66.2 Å². The van der Waals surface area contributed by atoms with Gasteiger partial charge in [-0.3, -0.25) is 9.80 Å². The van der Waals surface area contributed by atoms with Gasteiger partial charge in [-0.15, -0.1) is 0 Å². The highest BCUT2D eigenvalue weighted by molar-refractivity contribution is 5.36. The summed E-state index contributed by atoms with van der Waals surface area (Å²) in [5, 5.41) is 10.6. The van der Waals surface area contributed by atoms with Crippen LogP contribution in [0.15, 0.2) is 15.5 Å². The van der Waals surface area contributed by atoms with E-state index in [2.05, 4.69) is 9.80 Å². The molecule has 128 valence electrons. The summed E-state index contributed by atoms with van der Waals surface area (Å²) < 4.78 is 10.5. The van der Waals surface area contributed by atoms with E-state index in [1.807, 2.05) is 0 Å². The van der Waals surface area contributed by atoms with Crippen LogP contribution < -0.4 is 5.63 Å². The van der Waals surface area contributed by atoms with Crippen LogP contribution in [0.2, 0.25) is 0 Å². The highest BCUT2D eigenvalue weighted by Gasteiger charge is 2.20. The molecule has 2 aliphatic heterocycles. The molecule has 0 spiro atoms. The molecule has 6 heteroatoms. The van der Waals surface area contributed by atoms with Gasteiger partial charge in [0.25, 0.3) is 0 Å². The third-order valence-electron chi connectivity index (χ3n) is 4.72. The molecule has 1 N–H and O–H groups in total. The van der Waals surface area contributed by atoms with Crippen LogP contribution in [0.25, 0.3) is 0 Å². The number of hydrogen-bond acceptors (Lipinski definition) is 6. The van der Waals surface area contributed by atoms with Crippen molar-refractivity contribution in [1.82, 2.24) is 9.80 Å². The first kappa shape index (κ1) is 16.5. The third-order valence-corrected chi connectivity index (χ3v) is 4.72. The van der Waals surface area contributed by atoms with E-state index >= 15 is 0 Å². The second-order valence-electron chi connectivity index (χ2n) is 6.45. The van der Waals surface area contributed by atoms with Gasteiger partial charge in [0.05, 0.1) is 18.8 Å². The summed E-state index contributed by atoms with van der Waals surface area (Å²) in [4.78, 5) is 16.5. The zero-order valence-corrected chi connectivity index (χ0v) is 13.6. The van der Waals surface area contributed by atoms with Gasteiger partial charge in [-0.2, -0.15) is 0 Å². The average molecular weight is 322 g/mol. The van der Waals surface area contributed by atoms with Crippen molar-refractivity contribution in [2.45, 2.75) is 38.8 Å². The van der Waals surface area contributed by atoms with E-state index in [1.54, 1.807) is 0 Å². The molecule has 1 aromatic heterocycles. The van der Waals surface area contributed by atoms with Gasteiger partial charge in [-0.25, -0.2) is 4.79 Å². The fourth-order valence-corrected chi connectivity index (χ4v) is 3.31. The van der Waals surface area contributed by atoms with Gasteiger partial charge in [0, 0.05) is 31.7 Å². The Kier molecular flexibility index (Phi) is 5.70. The maximum atomic E-state index is 12.1. The van der Waals surface area contributed by atoms with Gasteiger partial charge < -0.3 is 14.3 Å². The zero-order chi connectivity index (χ0) is 16.1. The zero-order valence-electron chi connectivity index (χ0n) is 13.6. The van der Waals surface area contributed by atoms with Crippen molar-refractivity contribution in [2.24, 2.45) is 0 Å². The van der Waals surface area contributed by atoms with Crippen molar-refractivity contribution >= 4 is 0 Å². The number of likely N-dealkylation sites (tertiary alicyclic amines) is 1. The van der Waals surface area contributed by atoms with Crippen molar-refractivity contribution in [3.63, 3.8) is 0 Å². The lowest BCUT2D eigenvalue weighted by molar-refractivity contribution is 0.0335. The fourth-order valence-electron chi connectivity index (χ4n) is 3.31. The Hall–Kier alpha value is -1.37. The summed E-state index contributed by atoms with van der Waals surface area (Å²) in [6.45, 7) is 6.10. The van der Waals surface area contributed by atoms with E-state index in [0.29, 0.717) is 37.4 Å². The lowest BCUT2D eigenvalue weighted by Crippen LogP contribution is -2.36. The molecule has 0 unspecified atom stereocenters. The van der Waals surface area contributed by atoms with Crippen LogP contribution in [0, 0.1) is 0 Å².